The second-order valence-electron chi connectivity index (χ2n) is 8.60. The van der Waals surface area contributed by atoms with E-state index in [0.29, 0.717) is 22.3 Å². The Bertz CT molecular complexity index is 906. The summed E-state index contributed by atoms with van der Waals surface area (Å²) in [6.45, 7) is 3.63. The van der Waals surface area contributed by atoms with Gasteiger partial charge in [0.05, 0.1) is 11.3 Å². The van der Waals surface area contributed by atoms with Gasteiger partial charge in [0.15, 0.2) is 5.13 Å². The molecule has 2 saturated heterocycles. The first-order valence-electron chi connectivity index (χ1n) is 10.2. The highest BCUT2D eigenvalue weighted by molar-refractivity contribution is 8.01. The quantitative estimate of drug-likeness (QED) is 0.464. The van der Waals surface area contributed by atoms with E-state index < -0.39 is 22.8 Å². The molecule has 2 amide bonds. The van der Waals surface area contributed by atoms with Crippen LogP contribution in [0.5, 0.6) is 0 Å². The van der Waals surface area contributed by atoms with Gasteiger partial charge in [0.25, 0.3) is 5.91 Å². The van der Waals surface area contributed by atoms with Crippen LogP contribution in [0.4, 0.5) is 5.13 Å². The number of hydrogen-bond donors (Lipinski definition) is 3. The van der Waals surface area contributed by atoms with E-state index in [1.54, 1.807) is 5.38 Å². The monoisotopic (exact) mass is 450 g/mol. The summed E-state index contributed by atoms with van der Waals surface area (Å²) in [5, 5.41) is 14.2. The van der Waals surface area contributed by atoms with Crippen LogP contribution >= 0.6 is 23.1 Å². The summed E-state index contributed by atoms with van der Waals surface area (Å²) in [5.41, 5.74) is 6.75. The van der Waals surface area contributed by atoms with Gasteiger partial charge in [0.2, 0.25) is 5.91 Å². The SMILES string of the molecule is CC1(C)S[C@@H]2[C@H](NC(=O)/C(=C\C3CCCCC3)c3csc(N)n3)C(=O)N2[C@H]1C(=O)O. The fraction of sp³-hybridized carbons (Fsp3) is 0.600. The van der Waals surface area contributed by atoms with Crippen LogP contribution in [0.2, 0.25) is 0 Å². The number of aromatic nitrogens is 1. The summed E-state index contributed by atoms with van der Waals surface area (Å²) in [4.78, 5) is 43.2. The zero-order valence-electron chi connectivity index (χ0n) is 17.0. The van der Waals surface area contributed by atoms with Crippen molar-refractivity contribution in [1.82, 2.24) is 15.2 Å². The highest BCUT2D eigenvalue weighted by Crippen LogP contribution is 2.50. The molecule has 0 spiro atoms. The van der Waals surface area contributed by atoms with Gasteiger partial charge in [0, 0.05) is 10.1 Å². The third kappa shape index (κ3) is 3.71. The van der Waals surface area contributed by atoms with E-state index in [9.17, 15) is 19.5 Å². The lowest BCUT2D eigenvalue weighted by molar-refractivity contribution is -0.160. The Morgan fingerprint density at radius 3 is 2.63 bits per heavy atom. The summed E-state index contributed by atoms with van der Waals surface area (Å²) in [7, 11) is 0. The van der Waals surface area contributed by atoms with Gasteiger partial charge in [-0.3, -0.25) is 9.59 Å². The molecule has 3 fully saturated rings. The molecule has 1 aliphatic carbocycles. The number of hydrogen-bond acceptors (Lipinski definition) is 7. The molecule has 30 heavy (non-hydrogen) atoms. The molecule has 4 N–H and O–H groups in total. The lowest BCUT2D eigenvalue weighted by Crippen LogP contribution is -2.70. The largest absolute Gasteiger partial charge is 0.480 e. The molecule has 0 bridgehead atoms. The zero-order chi connectivity index (χ0) is 21.6. The predicted molar refractivity (Wildman–Crippen MR) is 117 cm³/mol. The van der Waals surface area contributed by atoms with Crippen LogP contribution in [0.25, 0.3) is 5.57 Å². The van der Waals surface area contributed by atoms with Gasteiger partial charge < -0.3 is 21.1 Å². The number of nitrogen functional groups attached to an aromatic ring is 1. The van der Waals surface area contributed by atoms with E-state index in [0.717, 1.165) is 25.7 Å². The lowest BCUT2D eigenvalue weighted by atomic mass is 9.87. The molecule has 8 nitrogen and oxygen atoms in total. The number of fused-ring (bicyclic) bond motifs is 1. The second kappa shape index (κ2) is 7.88. The number of carboxylic acid groups (broad SMARTS) is 1. The van der Waals surface area contributed by atoms with E-state index >= 15 is 0 Å². The maximum atomic E-state index is 13.2. The van der Waals surface area contributed by atoms with Crippen molar-refractivity contribution < 1.29 is 19.5 Å². The van der Waals surface area contributed by atoms with Crippen molar-refractivity contribution in [2.75, 3.05) is 5.73 Å². The number of carbonyl (C=O) groups excluding carboxylic acids is 2. The topological polar surface area (TPSA) is 126 Å². The smallest absolute Gasteiger partial charge is 0.327 e. The first kappa shape index (κ1) is 21.2. The fourth-order valence-corrected chi connectivity index (χ4v) is 6.78. The van der Waals surface area contributed by atoms with Gasteiger partial charge in [-0.2, -0.15) is 0 Å². The minimum absolute atomic E-state index is 0.298. The summed E-state index contributed by atoms with van der Waals surface area (Å²) in [6, 6.07) is -1.64. The number of nitrogens with zero attached hydrogens (tertiary/aromatic N) is 2. The number of carboxylic acids is 1. The Balaban J connectivity index is 1.54. The van der Waals surface area contributed by atoms with Crippen molar-refractivity contribution in [3.8, 4) is 0 Å². The molecule has 1 aromatic rings. The number of β-lactam (4-membered cyclic amide) rings is 1. The molecule has 162 valence electrons. The molecule has 3 aliphatic rings. The van der Waals surface area contributed by atoms with Gasteiger partial charge in [-0.25, -0.2) is 9.78 Å². The maximum absolute atomic E-state index is 13.2. The molecule has 1 saturated carbocycles. The number of thioether (sulfide) groups is 1. The summed E-state index contributed by atoms with van der Waals surface area (Å²) in [5.74, 6) is -1.44. The van der Waals surface area contributed by atoms with Crippen LogP contribution in [0.1, 0.15) is 51.6 Å². The number of nitrogens with two attached hydrogens (primary N) is 1. The molecular formula is C20H26N4O4S2. The minimum Gasteiger partial charge on any atom is -0.480 e. The third-order valence-electron chi connectivity index (χ3n) is 6.06. The second-order valence-corrected chi connectivity index (χ2v) is 11.3. The molecule has 0 radical (unpaired) electrons. The number of thiazole rings is 1. The lowest BCUT2D eigenvalue weighted by Gasteiger charge is -2.43. The highest BCUT2D eigenvalue weighted by Gasteiger charge is 2.64. The number of amides is 2. The Morgan fingerprint density at radius 2 is 2.03 bits per heavy atom. The fourth-order valence-electron chi connectivity index (χ4n) is 4.59. The molecule has 2 aliphatic heterocycles. The zero-order valence-corrected chi connectivity index (χ0v) is 18.6. The summed E-state index contributed by atoms with van der Waals surface area (Å²) >= 11 is 2.68. The summed E-state index contributed by atoms with van der Waals surface area (Å²) in [6.07, 6.45) is 7.50. The van der Waals surface area contributed by atoms with Crippen molar-refractivity contribution in [3.05, 3.63) is 17.2 Å². The van der Waals surface area contributed by atoms with E-state index in [1.807, 2.05) is 19.9 Å². The predicted octanol–water partition coefficient (Wildman–Crippen LogP) is 2.32. The molecule has 0 aromatic carbocycles. The standard InChI is InChI=1S/C20H26N4O4S2/c1-20(2)14(18(27)28)24-16(26)13(17(24)30-20)23-15(25)11(12-9-29-19(21)22-12)8-10-6-4-3-5-7-10/h8-10,13-14,17H,3-7H2,1-2H3,(H2,21,22)(H,23,25)(H,27,28)/b11-8-/t13-,14+,17-/m1/s1. The minimum atomic E-state index is -1.02. The summed E-state index contributed by atoms with van der Waals surface area (Å²) < 4.78 is -0.629. The van der Waals surface area contributed by atoms with Gasteiger partial charge >= 0.3 is 5.97 Å². The number of anilines is 1. The molecular weight excluding hydrogens is 424 g/mol. The number of allylic oxidation sites excluding steroid dienone is 1. The third-order valence-corrected chi connectivity index (χ3v) is 8.30. The van der Waals surface area contributed by atoms with Crippen LogP contribution in [0.15, 0.2) is 11.5 Å². The van der Waals surface area contributed by atoms with Gasteiger partial charge in [-0.15, -0.1) is 23.1 Å². The van der Waals surface area contributed by atoms with Crippen molar-refractivity contribution >= 4 is 51.6 Å². The first-order chi connectivity index (χ1) is 14.2. The normalized spacial score (nSPS) is 28.7. The highest BCUT2D eigenvalue weighted by atomic mass is 32.2. The molecule has 3 atom stereocenters. The molecule has 3 heterocycles. The van der Waals surface area contributed by atoms with Gasteiger partial charge in [0.1, 0.15) is 17.5 Å². The number of aliphatic carboxylic acids is 1. The molecule has 4 rings (SSSR count). The van der Waals surface area contributed by atoms with Crippen LogP contribution in [-0.4, -0.2) is 55.0 Å². The van der Waals surface area contributed by atoms with Crippen molar-refractivity contribution in [1.29, 1.82) is 0 Å². The molecule has 10 heteroatoms. The van der Waals surface area contributed by atoms with E-state index in [4.69, 9.17) is 5.73 Å². The van der Waals surface area contributed by atoms with Crippen molar-refractivity contribution in [2.24, 2.45) is 5.92 Å². The van der Waals surface area contributed by atoms with E-state index in [-0.39, 0.29) is 17.2 Å². The average molecular weight is 451 g/mol. The van der Waals surface area contributed by atoms with Crippen LogP contribution in [-0.2, 0) is 14.4 Å². The molecule has 0 unspecified atom stereocenters. The average Bonchev–Trinajstić information content (AvgIpc) is 3.23. The number of carbonyl (C=O) groups is 3. The Kier molecular flexibility index (Phi) is 5.56. The van der Waals surface area contributed by atoms with Crippen LogP contribution in [0.3, 0.4) is 0 Å². The Labute approximate surface area is 183 Å². The Morgan fingerprint density at radius 1 is 1.33 bits per heavy atom. The van der Waals surface area contributed by atoms with E-state index in [1.165, 1.54) is 34.4 Å². The maximum Gasteiger partial charge on any atom is 0.327 e. The van der Waals surface area contributed by atoms with Crippen molar-refractivity contribution in [2.45, 2.75) is 68.2 Å². The van der Waals surface area contributed by atoms with Gasteiger partial charge in [-0.1, -0.05) is 25.3 Å². The Hall–Kier alpha value is -2.07. The van der Waals surface area contributed by atoms with E-state index in [2.05, 4.69) is 10.3 Å². The first-order valence-corrected chi connectivity index (χ1v) is 11.9. The van der Waals surface area contributed by atoms with Gasteiger partial charge in [-0.05, 0) is 32.6 Å². The van der Waals surface area contributed by atoms with Crippen LogP contribution < -0.4 is 11.1 Å². The number of rotatable bonds is 5. The number of nitrogens with one attached hydrogen (secondary N) is 1. The molecule has 1 aromatic heterocycles. The van der Waals surface area contributed by atoms with Crippen LogP contribution in [0, 0.1) is 5.92 Å². The van der Waals surface area contributed by atoms with Crippen molar-refractivity contribution in [3.63, 3.8) is 0 Å².